The number of aromatic nitrogens is 2. The van der Waals surface area contributed by atoms with Crippen molar-refractivity contribution >= 4 is 27.2 Å². The van der Waals surface area contributed by atoms with Crippen molar-refractivity contribution in [3.05, 3.63) is 53.0 Å². The molecule has 0 aliphatic carbocycles. The number of ketones is 1. The van der Waals surface area contributed by atoms with Crippen LogP contribution in [-0.4, -0.2) is 22.9 Å². The van der Waals surface area contributed by atoms with Gasteiger partial charge in [-0.15, -0.1) is 11.3 Å². The van der Waals surface area contributed by atoms with Crippen LogP contribution in [0.5, 0.6) is 5.88 Å². The molecule has 0 bridgehead atoms. The zero-order valence-electron chi connectivity index (χ0n) is 10.5. The van der Waals surface area contributed by atoms with Crippen molar-refractivity contribution in [2.45, 2.75) is 0 Å². The normalized spacial score (nSPS) is 10.7. The second-order valence-electron chi connectivity index (χ2n) is 4.04. The molecule has 0 radical (unpaired) electrons. The Morgan fingerprint density at radius 3 is 2.85 bits per heavy atom. The molecule has 3 aromatic rings. The van der Waals surface area contributed by atoms with Crippen LogP contribution in [0.25, 0.3) is 10.1 Å². The number of benzene rings is 1. The summed E-state index contributed by atoms with van der Waals surface area (Å²) in [6.45, 7) is 0. The first-order valence-corrected chi connectivity index (χ1v) is 6.59. The Morgan fingerprint density at radius 1 is 1.25 bits per heavy atom. The molecular formula is C14H9FN2O2S. The zero-order valence-corrected chi connectivity index (χ0v) is 11.3. The van der Waals surface area contributed by atoms with Gasteiger partial charge >= 0.3 is 0 Å². The number of nitrogens with zero attached hydrogens (tertiary/aromatic N) is 2. The standard InChI is InChI=1S/C14H9FN2O2S/c1-19-14-12(16-4-5-17-14)13(18)11-7-8-6-9(15)2-3-10(8)20-11/h2-7H,1H3. The highest BCUT2D eigenvalue weighted by Crippen LogP contribution is 2.29. The summed E-state index contributed by atoms with van der Waals surface area (Å²) >= 11 is 1.29. The molecule has 0 atom stereocenters. The highest BCUT2D eigenvalue weighted by molar-refractivity contribution is 7.21. The summed E-state index contributed by atoms with van der Waals surface area (Å²) in [6.07, 6.45) is 2.89. The van der Waals surface area contributed by atoms with Crippen molar-refractivity contribution in [2.75, 3.05) is 7.11 Å². The molecule has 0 unspecified atom stereocenters. The first-order chi connectivity index (χ1) is 9.69. The summed E-state index contributed by atoms with van der Waals surface area (Å²) in [4.78, 5) is 20.9. The summed E-state index contributed by atoms with van der Waals surface area (Å²) in [5.74, 6) is -0.427. The van der Waals surface area contributed by atoms with Crippen LogP contribution in [0.1, 0.15) is 15.4 Å². The Hall–Kier alpha value is -2.34. The van der Waals surface area contributed by atoms with Crippen LogP contribution in [0.3, 0.4) is 0 Å². The molecule has 0 amide bonds. The van der Waals surface area contributed by atoms with Gasteiger partial charge in [0, 0.05) is 17.1 Å². The monoisotopic (exact) mass is 288 g/mol. The highest BCUT2D eigenvalue weighted by Gasteiger charge is 2.19. The molecule has 0 aliphatic rings. The van der Waals surface area contributed by atoms with Gasteiger partial charge < -0.3 is 4.74 Å². The molecule has 100 valence electrons. The first kappa shape index (κ1) is 12.7. The molecule has 0 saturated carbocycles. The van der Waals surface area contributed by atoms with Crippen molar-refractivity contribution in [2.24, 2.45) is 0 Å². The molecular weight excluding hydrogens is 279 g/mol. The fraction of sp³-hybridized carbons (Fsp3) is 0.0714. The largest absolute Gasteiger partial charge is 0.479 e. The van der Waals surface area contributed by atoms with E-state index in [1.54, 1.807) is 12.1 Å². The van der Waals surface area contributed by atoms with Crippen LogP contribution >= 0.6 is 11.3 Å². The van der Waals surface area contributed by atoms with Gasteiger partial charge in [-0.25, -0.2) is 14.4 Å². The van der Waals surface area contributed by atoms with Gasteiger partial charge in [-0.3, -0.25) is 4.79 Å². The topological polar surface area (TPSA) is 52.1 Å². The number of ether oxygens (including phenoxy) is 1. The van der Waals surface area contributed by atoms with E-state index in [4.69, 9.17) is 4.74 Å². The summed E-state index contributed by atoms with van der Waals surface area (Å²) in [5, 5.41) is 0.696. The number of thiophene rings is 1. The molecule has 20 heavy (non-hydrogen) atoms. The molecule has 0 N–H and O–H groups in total. The molecule has 1 aromatic carbocycles. The average Bonchev–Trinajstić information content (AvgIpc) is 2.89. The van der Waals surface area contributed by atoms with Gasteiger partial charge in [0.2, 0.25) is 11.7 Å². The van der Waals surface area contributed by atoms with Gasteiger partial charge in [0.1, 0.15) is 5.82 Å². The lowest BCUT2D eigenvalue weighted by Gasteiger charge is -2.02. The Bertz CT molecular complexity index is 801. The Kier molecular flexibility index (Phi) is 3.15. The van der Waals surface area contributed by atoms with Crippen molar-refractivity contribution in [1.82, 2.24) is 9.97 Å². The van der Waals surface area contributed by atoms with Crippen LogP contribution in [0.15, 0.2) is 36.7 Å². The minimum absolute atomic E-state index is 0.155. The van der Waals surface area contributed by atoms with E-state index in [0.717, 1.165) is 4.70 Å². The fourth-order valence-corrected chi connectivity index (χ4v) is 2.86. The van der Waals surface area contributed by atoms with E-state index in [0.29, 0.717) is 10.3 Å². The van der Waals surface area contributed by atoms with Gasteiger partial charge in [0.05, 0.1) is 12.0 Å². The van der Waals surface area contributed by atoms with Crippen molar-refractivity contribution in [1.29, 1.82) is 0 Å². The summed E-state index contributed by atoms with van der Waals surface area (Å²) in [6, 6.07) is 6.08. The second-order valence-corrected chi connectivity index (χ2v) is 5.12. The van der Waals surface area contributed by atoms with E-state index in [2.05, 4.69) is 9.97 Å². The smallest absolute Gasteiger partial charge is 0.243 e. The number of hydrogen-bond acceptors (Lipinski definition) is 5. The van der Waals surface area contributed by atoms with Crippen LogP contribution < -0.4 is 4.74 Å². The third kappa shape index (κ3) is 2.14. The molecule has 6 heteroatoms. The van der Waals surface area contributed by atoms with Crippen LogP contribution in [0, 0.1) is 5.82 Å². The van der Waals surface area contributed by atoms with Gasteiger partial charge in [0.15, 0.2) is 5.69 Å². The maximum absolute atomic E-state index is 13.2. The first-order valence-electron chi connectivity index (χ1n) is 5.78. The number of methoxy groups -OCH3 is 1. The summed E-state index contributed by atoms with van der Waals surface area (Å²) < 4.78 is 19.0. The van der Waals surface area contributed by atoms with E-state index < -0.39 is 0 Å². The summed E-state index contributed by atoms with van der Waals surface area (Å²) in [7, 11) is 1.43. The number of rotatable bonds is 3. The Balaban J connectivity index is 2.08. The maximum Gasteiger partial charge on any atom is 0.243 e. The lowest BCUT2D eigenvalue weighted by Crippen LogP contribution is -2.06. The van der Waals surface area contributed by atoms with Crippen LogP contribution in [-0.2, 0) is 0 Å². The van der Waals surface area contributed by atoms with Crippen LogP contribution in [0.2, 0.25) is 0 Å². The molecule has 2 aromatic heterocycles. The predicted molar refractivity (Wildman–Crippen MR) is 73.8 cm³/mol. The maximum atomic E-state index is 13.2. The SMILES string of the molecule is COc1nccnc1C(=O)c1cc2cc(F)ccc2s1. The van der Waals surface area contributed by atoms with Crippen molar-refractivity contribution in [3.8, 4) is 5.88 Å². The van der Waals surface area contributed by atoms with E-state index in [-0.39, 0.29) is 23.2 Å². The molecule has 0 saturated heterocycles. The molecule has 0 spiro atoms. The van der Waals surface area contributed by atoms with Crippen LogP contribution in [0.4, 0.5) is 4.39 Å². The lowest BCUT2D eigenvalue weighted by molar-refractivity contribution is 0.103. The number of carbonyl (C=O) groups excluding carboxylic acids is 1. The molecule has 0 fully saturated rings. The number of carbonyl (C=O) groups is 1. The quantitative estimate of drug-likeness (QED) is 0.695. The predicted octanol–water partition coefficient (Wildman–Crippen LogP) is 3.07. The number of halogens is 1. The van der Waals surface area contributed by atoms with Gasteiger partial charge in [-0.05, 0) is 29.7 Å². The third-order valence-corrected chi connectivity index (χ3v) is 3.89. The van der Waals surface area contributed by atoms with E-state index in [9.17, 15) is 9.18 Å². The zero-order chi connectivity index (χ0) is 14.1. The number of fused-ring (bicyclic) bond motifs is 1. The van der Waals surface area contributed by atoms with Gasteiger partial charge in [-0.1, -0.05) is 0 Å². The highest BCUT2D eigenvalue weighted by atomic mass is 32.1. The number of hydrogen-bond donors (Lipinski definition) is 0. The van der Waals surface area contributed by atoms with E-state index in [1.165, 1.54) is 43.0 Å². The summed E-state index contributed by atoms with van der Waals surface area (Å²) in [5.41, 5.74) is 0.155. The lowest BCUT2D eigenvalue weighted by atomic mass is 10.2. The van der Waals surface area contributed by atoms with Gasteiger partial charge in [-0.2, -0.15) is 0 Å². The fourth-order valence-electron chi connectivity index (χ4n) is 1.87. The second kappa shape index (κ2) is 4.97. The van der Waals surface area contributed by atoms with Crippen molar-refractivity contribution < 1.29 is 13.9 Å². The molecule has 4 nitrogen and oxygen atoms in total. The minimum atomic E-state index is -0.327. The van der Waals surface area contributed by atoms with Crippen molar-refractivity contribution in [3.63, 3.8) is 0 Å². The molecule has 0 aliphatic heterocycles. The Morgan fingerprint density at radius 2 is 2.05 bits per heavy atom. The molecule has 2 heterocycles. The van der Waals surface area contributed by atoms with E-state index in [1.807, 2.05) is 0 Å². The van der Waals surface area contributed by atoms with E-state index >= 15 is 0 Å². The molecule has 3 rings (SSSR count). The average molecular weight is 288 g/mol. The van der Waals surface area contributed by atoms with Gasteiger partial charge in [0.25, 0.3) is 0 Å². The minimum Gasteiger partial charge on any atom is -0.479 e. The Labute approximate surface area is 117 Å². The third-order valence-electron chi connectivity index (χ3n) is 2.78.